The van der Waals surface area contributed by atoms with Gasteiger partial charge in [-0.1, -0.05) is 0 Å². The van der Waals surface area contributed by atoms with Crippen LogP contribution < -0.4 is 5.73 Å². The van der Waals surface area contributed by atoms with E-state index in [2.05, 4.69) is 0 Å². The van der Waals surface area contributed by atoms with Crippen LogP contribution >= 0.6 is 0 Å². The Morgan fingerprint density at radius 3 is 2.81 bits per heavy atom. The first kappa shape index (κ1) is 10.5. The quantitative estimate of drug-likeness (QED) is 0.714. The van der Waals surface area contributed by atoms with Gasteiger partial charge < -0.3 is 20.4 Å². The monoisotopic (exact) mass is 221 g/mol. The number of phenolic OH excluding ortho intramolecular Hbond substituents is 1. The Balaban J connectivity index is 2.72. The Hall–Kier alpha value is -2.01. The summed E-state index contributed by atoms with van der Waals surface area (Å²) in [6.07, 6.45) is 0. The lowest BCUT2D eigenvalue weighted by atomic mass is 10.0. The number of aromatic hydroxyl groups is 1. The van der Waals surface area contributed by atoms with E-state index in [4.69, 9.17) is 15.3 Å². The van der Waals surface area contributed by atoms with Crippen molar-refractivity contribution >= 4 is 16.9 Å². The van der Waals surface area contributed by atoms with Gasteiger partial charge in [0.25, 0.3) is 0 Å². The van der Waals surface area contributed by atoms with Crippen molar-refractivity contribution in [3.63, 3.8) is 0 Å². The highest BCUT2D eigenvalue weighted by molar-refractivity contribution is 5.89. The molecule has 5 nitrogen and oxygen atoms in total. The zero-order valence-electron chi connectivity index (χ0n) is 8.60. The first-order chi connectivity index (χ1) is 7.50. The largest absolute Gasteiger partial charge is 0.508 e. The van der Waals surface area contributed by atoms with Crippen molar-refractivity contribution in [3.8, 4) is 5.75 Å². The number of aliphatic carboxylic acids is 1. The second-order valence-corrected chi connectivity index (χ2v) is 3.57. The molecule has 0 aliphatic rings. The number of carbonyl (C=O) groups is 1. The third-order valence-electron chi connectivity index (χ3n) is 2.47. The summed E-state index contributed by atoms with van der Waals surface area (Å²) < 4.78 is 5.37. The normalized spacial score (nSPS) is 12.9. The molecule has 1 unspecified atom stereocenters. The van der Waals surface area contributed by atoms with E-state index in [1.807, 2.05) is 0 Å². The molecule has 0 aliphatic carbocycles. The predicted molar refractivity (Wildman–Crippen MR) is 57.2 cm³/mol. The molecule has 0 bridgehead atoms. The molecule has 0 amide bonds. The molecular weight excluding hydrogens is 210 g/mol. The molecule has 0 aliphatic heterocycles. The van der Waals surface area contributed by atoms with Gasteiger partial charge in [-0.15, -0.1) is 0 Å². The molecule has 0 radical (unpaired) electrons. The fourth-order valence-electron chi connectivity index (χ4n) is 1.74. The third kappa shape index (κ3) is 1.51. The van der Waals surface area contributed by atoms with Crippen LogP contribution in [0.15, 0.2) is 22.6 Å². The fourth-order valence-corrected chi connectivity index (χ4v) is 1.74. The number of carboxylic acids is 1. The van der Waals surface area contributed by atoms with Gasteiger partial charge in [-0.3, -0.25) is 4.79 Å². The van der Waals surface area contributed by atoms with Crippen LogP contribution in [-0.2, 0) is 4.79 Å². The minimum atomic E-state index is -1.15. The van der Waals surface area contributed by atoms with Crippen molar-refractivity contribution in [1.82, 2.24) is 0 Å². The van der Waals surface area contributed by atoms with E-state index in [1.165, 1.54) is 12.1 Å². The molecule has 4 N–H and O–H groups in total. The van der Waals surface area contributed by atoms with Gasteiger partial charge in [-0.2, -0.15) is 0 Å². The van der Waals surface area contributed by atoms with Gasteiger partial charge in [0.2, 0.25) is 0 Å². The molecule has 16 heavy (non-hydrogen) atoms. The van der Waals surface area contributed by atoms with E-state index in [0.29, 0.717) is 22.3 Å². The minimum absolute atomic E-state index is 0.0483. The van der Waals surface area contributed by atoms with Gasteiger partial charge in [0, 0.05) is 10.9 Å². The van der Waals surface area contributed by atoms with E-state index in [-0.39, 0.29) is 5.75 Å². The van der Waals surface area contributed by atoms with Crippen molar-refractivity contribution in [2.24, 2.45) is 5.73 Å². The highest BCUT2D eigenvalue weighted by Gasteiger charge is 2.23. The summed E-state index contributed by atoms with van der Waals surface area (Å²) in [5.41, 5.74) is 6.48. The lowest BCUT2D eigenvalue weighted by Crippen LogP contribution is -2.21. The summed E-state index contributed by atoms with van der Waals surface area (Å²) in [4.78, 5) is 10.8. The molecule has 0 saturated heterocycles. The summed E-state index contributed by atoms with van der Waals surface area (Å²) >= 11 is 0. The smallest absolute Gasteiger partial charge is 0.325 e. The molecule has 5 heteroatoms. The molecule has 1 atom stereocenters. The zero-order chi connectivity index (χ0) is 11.9. The molecule has 1 aromatic heterocycles. The van der Waals surface area contributed by atoms with E-state index in [1.54, 1.807) is 13.0 Å². The average molecular weight is 221 g/mol. The number of fused-ring (bicyclic) bond motifs is 1. The van der Waals surface area contributed by atoms with Crippen molar-refractivity contribution in [3.05, 3.63) is 29.5 Å². The number of nitrogens with two attached hydrogens (primary N) is 1. The number of furan rings is 1. The molecule has 0 spiro atoms. The van der Waals surface area contributed by atoms with Crippen molar-refractivity contribution < 1.29 is 19.4 Å². The van der Waals surface area contributed by atoms with Crippen molar-refractivity contribution in [2.75, 3.05) is 0 Å². The maximum atomic E-state index is 10.8. The van der Waals surface area contributed by atoms with Crippen LogP contribution in [0.4, 0.5) is 0 Å². The van der Waals surface area contributed by atoms with E-state index < -0.39 is 12.0 Å². The lowest BCUT2D eigenvalue weighted by molar-refractivity contribution is -0.138. The Kier molecular flexibility index (Phi) is 2.32. The molecule has 1 heterocycles. The minimum Gasteiger partial charge on any atom is -0.508 e. The molecule has 2 aromatic rings. The highest BCUT2D eigenvalue weighted by Crippen LogP contribution is 2.31. The Labute approximate surface area is 91.1 Å². The number of carboxylic acid groups (broad SMARTS) is 1. The molecule has 2 rings (SSSR count). The summed E-state index contributed by atoms with van der Waals surface area (Å²) in [6.45, 7) is 1.65. The maximum absolute atomic E-state index is 10.8. The first-order valence-corrected chi connectivity index (χ1v) is 4.71. The van der Waals surface area contributed by atoms with Crippen molar-refractivity contribution in [1.29, 1.82) is 0 Å². The van der Waals surface area contributed by atoms with Gasteiger partial charge in [-0.05, 0) is 25.1 Å². The van der Waals surface area contributed by atoms with Crippen LogP contribution in [0.2, 0.25) is 0 Å². The average Bonchev–Trinajstić information content (AvgIpc) is 2.52. The van der Waals surface area contributed by atoms with Gasteiger partial charge in [0.15, 0.2) is 0 Å². The highest BCUT2D eigenvalue weighted by atomic mass is 16.4. The summed E-state index contributed by atoms with van der Waals surface area (Å²) in [7, 11) is 0. The topological polar surface area (TPSA) is 96.7 Å². The van der Waals surface area contributed by atoms with Gasteiger partial charge in [-0.25, -0.2) is 0 Å². The zero-order valence-corrected chi connectivity index (χ0v) is 8.60. The Bertz CT molecular complexity index is 558. The standard InChI is InChI=1S/C11H11NO4/c1-5-9(10(12)11(14)15)7-4-6(13)2-3-8(7)16-5/h2-4,10,13H,12H2,1H3,(H,14,15). The molecular formula is C11H11NO4. The van der Waals surface area contributed by atoms with E-state index in [0.717, 1.165) is 0 Å². The number of hydrogen-bond acceptors (Lipinski definition) is 4. The fraction of sp³-hybridized carbons (Fsp3) is 0.182. The van der Waals surface area contributed by atoms with Crippen molar-refractivity contribution in [2.45, 2.75) is 13.0 Å². The van der Waals surface area contributed by atoms with Gasteiger partial charge >= 0.3 is 5.97 Å². The lowest BCUT2D eigenvalue weighted by Gasteiger charge is -2.05. The van der Waals surface area contributed by atoms with Crippen LogP contribution in [-0.4, -0.2) is 16.2 Å². The number of aryl methyl sites for hydroxylation is 1. The van der Waals surface area contributed by atoms with E-state index in [9.17, 15) is 9.90 Å². The third-order valence-corrected chi connectivity index (χ3v) is 2.47. The molecule has 84 valence electrons. The second-order valence-electron chi connectivity index (χ2n) is 3.57. The second kappa shape index (κ2) is 3.53. The summed E-state index contributed by atoms with van der Waals surface area (Å²) in [5.74, 6) is -0.628. The van der Waals surface area contributed by atoms with Crippen LogP contribution in [0, 0.1) is 6.92 Å². The number of hydrogen-bond donors (Lipinski definition) is 3. The Morgan fingerprint density at radius 2 is 2.19 bits per heavy atom. The summed E-state index contributed by atoms with van der Waals surface area (Å²) in [6, 6.07) is 3.35. The van der Waals surface area contributed by atoms with Crippen LogP contribution in [0.25, 0.3) is 11.0 Å². The summed E-state index contributed by atoms with van der Waals surface area (Å²) in [5, 5.41) is 18.8. The first-order valence-electron chi connectivity index (χ1n) is 4.71. The number of rotatable bonds is 2. The maximum Gasteiger partial charge on any atom is 0.325 e. The number of benzene rings is 1. The van der Waals surface area contributed by atoms with Crippen LogP contribution in [0.5, 0.6) is 5.75 Å². The SMILES string of the molecule is Cc1oc2ccc(O)cc2c1C(N)C(=O)O. The predicted octanol–water partition coefficient (Wildman–Crippen LogP) is 1.53. The van der Waals surface area contributed by atoms with Crippen LogP contribution in [0.1, 0.15) is 17.4 Å². The molecule has 0 saturated carbocycles. The van der Waals surface area contributed by atoms with Crippen LogP contribution in [0.3, 0.4) is 0 Å². The molecule has 0 fully saturated rings. The van der Waals surface area contributed by atoms with Gasteiger partial charge in [0.1, 0.15) is 23.1 Å². The van der Waals surface area contributed by atoms with Gasteiger partial charge in [0.05, 0.1) is 0 Å². The Morgan fingerprint density at radius 1 is 1.50 bits per heavy atom. The number of phenols is 1. The molecule has 1 aromatic carbocycles. The van der Waals surface area contributed by atoms with E-state index >= 15 is 0 Å².